The summed E-state index contributed by atoms with van der Waals surface area (Å²) in [4.78, 5) is 4.94. The Balaban J connectivity index is 1.93. The molecule has 1 saturated heterocycles. The summed E-state index contributed by atoms with van der Waals surface area (Å²) in [5.74, 6) is 0.925. The number of ether oxygens (including phenoxy) is 1. The Hall–Kier alpha value is -0.770. The lowest BCUT2D eigenvalue weighted by Gasteiger charge is -2.34. The molecule has 1 heterocycles. The molecule has 0 aromatic heterocycles. The van der Waals surface area contributed by atoms with Crippen molar-refractivity contribution in [2.24, 2.45) is 0 Å². The summed E-state index contributed by atoms with van der Waals surface area (Å²) < 4.78 is 5.40. The Morgan fingerprint density at radius 3 is 2.53 bits per heavy atom. The number of piperazine rings is 1. The highest BCUT2D eigenvalue weighted by molar-refractivity contribution is 6.30. The van der Waals surface area contributed by atoms with Crippen LogP contribution >= 0.6 is 11.6 Å². The van der Waals surface area contributed by atoms with Crippen molar-refractivity contribution in [2.75, 3.05) is 39.8 Å². The van der Waals surface area contributed by atoms with Crippen LogP contribution in [0.5, 0.6) is 5.75 Å². The Labute approximate surface area is 121 Å². The van der Waals surface area contributed by atoms with E-state index in [0.717, 1.165) is 50.0 Å². The van der Waals surface area contributed by atoms with E-state index in [2.05, 4.69) is 23.1 Å². The zero-order valence-corrected chi connectivity index (χ0v) is 12.5. The minimum atomic E-state index is 0.773. The first-order valence-electron chi connectivity index (χ1n) is 6.78. The van der Waals surface area contributed by atoms with Crippen molar-refractivity contribution in [3.05, 3.63) is 35.2 Å². The molecule has 1 aliphatic rings. The van der Waals surface area contributed by atoms with Gasteiger partial charge in [0.2, 0.25) is 0 Å². The zero-order chi connectivity index (χ0) is 13.7. The molecule has 3 nitrogen and oxygen atoms in total. The molecular formula is C15H22ClN2O. The number of methoxy groups -OCH3 is 1. The van der Waals surface area contributed by atoms with Crippen molar-refractivity contribution in [2.45, 2.75) is 13.5 Å². The van der Waals surface area contributed by atoms with E-state index in [-0.39, 0.29) is 0 Å². The summed E-state index contributed by atoms with van der Waals surface area (Å²) in [6.45, 7) is 8.58. The van der Waals surface area contributed by atoms with E-state index in [1.165, 1.54) is 5.56 Å². The Kier molecular flexibility index (Phi) is 5.49. The lowest BCUT2D eigenvalue weighted by atomic mass is 10.1. The molecule has 1 aromatic carbocycles. The van der Waals surface area contributed by atoms with E-state index in [9.17, 15) is 0 Å². The second-order valence-electron chi connectivity index (χ2n) is 4.94. The average molecular weight is 282 g/mol. The van der Waals surface area contributed by atoms with Gasteiger partial charge in [0, 0.05) is 49.9 Å². The van der Waals surface area contributed by atoms with E-state index >= 15 is 0 Å². The van der Waals surface area contributed by atoms with Crippen LogP contribution in [-0.2, 0) is 6.54 Å². The molecule has 0 bridgehead atoms. The quantitative estimate of drug-likeness (QED) is 0.825. The van der Waals surface area contributed by atoms with Gasteiger partial charge in [-0.1, -0.05) is 18.5 Å². The predicted molar refractivity (Wildman–Crippen MR) is 79.7 cm³/mol. The highest BCUT2D eigenvalue weighted by atomic mass is 35.5. The molecule has 4 heteroatoms. The van der Waals surface area contributed by atoms with Gasteiger partial charge in [-0.05, 0) is 24.6 Å². The predicted octanol–water partition coefficient (Wildman–Crippen LogP) is 2.69. The molecule has 19 heavy (non-hydrogen) atoms. The standard InChI is InChI=1S/C15H22ClN2O/c1-3-6-17-7-9-18(10-8-17)12-13-11-14(16)4-5-15(13)19-2/h3-5,11H,6-10,12H2,1-2H3. The van der Waals surface area contributed by atoms with Gasteiger partial charge < -0.3 is 9.64 Å². The average Bonchev–Trinajstić information content (AvgIpc) is 2.42. The summed E-state index contributed by atoms with van der Waals surface area (Å²) in [6, 6.07) is 5.82. The first-order valence-corrected chi connectivity index (χ1v) is 7.15. The lowest BCUT2D eigenvalue weighted by molar-refractivity contribution is 0.133. The third-order valence-corrected chi connectivity index (χ3v) is 3.78. The monoisotopic (exact) mass is 281 g/mol. The number of hydrogen-bond donors (Lipinski definition) is 0. The van der Waals surface area contributed by atoms with E-state index in [1.54, 1.807) is 7.11 Å². The van der Waals surface area contributed by atoms with Crippen molar-refractivity contribution in [3.63, 3.8) is 0 Å². The van der Waals surface area contributed by atoms with Gasteiger partial charge in [-0.15, -0.1) is 0 Å². The van der Waals surface area contributed by atoms with Crippen LogP contribution in [0, 0.1) is 6.42 Å². The topological polar surface area (TPSA) is 15.7 Å². The molecule has 1 aliphatic heterocycles. The normalized spacial score (nSPS) is 17.6. The zero-order valence-electron chi connectivity index (χ0n) is 11.7. The van der Waals surface area contributed by atoms with Crippen molar-refractivity contribution in [1.29, 1.82) is 0 Å². The molecule has 1 radical (unpaired) electrons. The molecule has 0 amide bonds. The molecule has 0 aliphatic carbocycles. The van der Waals surface area contributed by atoms with Gasteiger partial charge in [-0.25, -0.2) is 0 Å². The molecule has 0 N–H and O–H groups in total. The number of benzene rings is 1. The van der Waals surface area contributed by atoms with Crippen LogP contribution in [0.15, 0.2) is 18.2 Å². The van der Waals surface area contributed by atoms with Crippen molar-refractivity contribution in [1.82, 2.24) is 9.80 Å². The fourth-order valence-electron chi connectivity index (χ4n) is 2.50. The number of hydrogen-bond acceptors (Lipinski definition) is 3. The molecular weight excluding hydrogens is 260 g/mol. The third kappa shape index (κ3) is 4.10. The van der Waals surface area contributed by atoms with Gasteiger partial charge in [0.1, 0.15) is 5.75 Å². The van der Waals surface area contributed by atoms with Crippen LogP contribution < -0.4 is 4.74 Å². The summed E-state index contributed by atoms with van der Waals surface area (Å²) in [6.07, 6.45) is 2.22. The van der Waals surface area contributed by atoms with Gasteiger partial charge >= 0.3 is 0 Å². The second-order valence-corrected chi connectivity index (χ2v) is 5.38. The van der Waals surface area contributed by atoms with E-state index in [4.69, 9.17) is 16.3 Å². The van der Waals surface area contributed by atoms with E-state index in [0.29, 0.717) is 0 Å². The van der Waals surface area contributed by atoms with Gasteiger partial charge in [0.25, 0.3) is 0 Å². The maximum Gasteiger partial charge on any atom is 0.123 e. The second kappa shape index (κ2) is 7.13. The van der Waals surface area contributed by atoms with Gasteiger partial charge in [-0.2, -0.15) is 0 Å². The Morgan fingerprint density at radius 1 is 1.21 bits per heavy atom. The SMILES string of the molecule is C[CH]CN1CCN(Cc2cc(Cl)ccc2OC)CC1. The van der Waals surface area contributed by atoms with Crippen LogP contribution in [0.2, 0.25) is 5.02 Å². The highest BCUT2D eigenvalue weighted by Gasteiger charge is 2.17. The van der Waals surface area contributed by atoms with Crippen molar-refractivity contribution >= 4 is 11.6 Å². The Bertz CT molecular complexity index is 403. The molecule has 1 fully saturated rings. The number of rotatable bonds is 5. The molecule has 2 rings (SSSR count). The van der Waals surface area contributed by atoms with Crippen molar-refractivity contribution < 1.29 is 4.74 Å². The molecule has 0 saturated carbocycles. The minimum Gasteiger partial charge on any atom is -0.496 e. The van der Waals surface area contributed by atoms with E-state index < -0.39 is 0 Å². The largest absolute Gasteiger partial charge is 0.496 e. The van der Waals surface area contributed by atoms with Crippen LogP contribution in [0.1, 0.15) is 12.5 Å². The highest BCUT2D eigenvalue weighted by Crippen LogP contribution is 2.24. The van der Waals surface area contributed by atoms with Gasteiger partial charge in [-0.3, -0.25) is 4.90 Å². The maximum absolute atomic E-state index is 6.07. The Morgan fingerprint density at radius 2 is 1.89 bits per heavy atom. The molecule has 105 valence electrons. The number of halogens is 1. The fraction of sp³-hybridized carbons (Fsp3) is 0.533. The van der Waals surface area contributed by atoms with Crippen LogP contribution in [0.25, 0.3) is 0 Å². The van der Waals surface area contributed by atoms with Gasteiger partial charge in [0.15, 0.2) is 0 Å². The number of nitrogens with zero attached hydrogens (tertiary/aromatic N) is 2. The summed E-state index contributed by atoms with van der Waals surface area (Å²) in [5.41, 5.74) is 1.17. The van der Waals surface area contributed by atoms with Crippen LogP contribution in [0.4, 0.5) is 0 Å². The van der Waals surface area contributed by atoms with E-state index in [1.807, 2.05) is 18.2 Å². The molecule has 0 spiro atoms. The lowest BCUT2D eigenvalue weighted by Crippen LogP contribution is -2.46. The van der Waals surface area contributed by atoms with Crippen LogP contribution in [0.3, 0.4) is 0 Å². The summed E-state index contributed by atoms with van der Waals surface area (Å²) >= 11 is 6.07. The first-order chi connectivity index (χ1) is 9.22. The summed E-state index contributed by atoms with van der Waals surface area (Å²) in [7, 11) is 1.71. The maximum atomic E-state index is 6.07. The smallest absolute Gasteiger partial charge is 0.123 e. The molecule has 0 unspecified atom stereocenters. The van der Waals surface area contributed by atoms with Gasteiger partial charge in [0.05, 0.1) is 7.11 Å². The van der Waals surface area contributed by atoms with Crippen LogP contribution in [-0.4, -0.2) is 49.6 Å². The minimum absolute atomic E-state index is 0.773. The third-order valence-electron chi connectivity index (χ3n) is 3.54. The first kappa shape index (κ1) is 14.6. The molecule has 0 atom stereocenters. The fourth-order valence-corrected chi connectivity index (χ4v) is 2.69. The summed E-state index contributed by atoms with van der Waals surface area (Å²) in [5, 5.41) is 0.773. The molecule has 1 aromatic rings. The van der Waals surface area contributed by atoms with Crippen molar-refractivity contribution in [3.8, 4) is 5.75 Å².